The maximum absolute atomic E-state index is 12.6. The second-order valence-electron chi connectivity index (χ2n) is 5.75. The van der Waals surface area contributed by atoms with Crippen molar-refractivity contribution in [3.05, 3.63) is 28.2 Å². The van der Waals surface area contributed by atoms with Gasteiger partial charge in [-0.1, -0.05) is 13.8 Å². The van der Waals surface area contributed by atoms with Gasteiger partial charge in [0.1, 0.15) is 0 Å². The monoisotopic (exact) mass is 353 g/mol. The lowest BCUT2D eigenvalue weighted by atomic mass is 9.78. The van der Waals surface area contributed by atoms with Gasteiger partial charge in [-0.3, -0.25) is 14.5 Å². The summed E-state index contributed by atoms with van der Waals surface area (Å²) in [7, 11) is 0. The third-order valence-corrected chi connectivity index (χ3v) is 4.86. The van der Waals surface area contributed by atoms with E-state index in [0.29, 0.717) is 10.2 Å². The van der Waals surface area contributed by atoms with Crippen molar-refractivity contribution in [2.75, 3.05) is 4.90 Å². The normalized spacial score (nSPS) is 22.2. The van der Waals surface area contributed by atoms with E-state index in [1.807, 2.05) is 13.8 Å². The number of rotatable bonds is 3. The van der Waals surface area contributed by atoms with Crippen molar-refractivity contribution in [3.63, 3.8) is 0 Å². The summed E-state index contributed by atoms with van der Waals surface area (Å²) >= 11 is 3.15. The average molecular weight is 354 g/mol. The Labute approximate surface area is 131 Å². The molecule has 1 aromatic carbocycles. The first kappa shape index (κ1) is 15.7. The largest absolute Gasteiger partial charge is 0.478 e. The SMILES string of the molecule is CC(C)C1(C)CC(=O)N(c2ccc(Br)c(C(=O)O)c2)C1=O. The summed E-state index contributed by atoms with van der Waals surface area (Å²) in [5, 5.41) is 9.14. The molecule has 0 spiro atoms. The maximum atomic E-state index is 12.6. The van der Waals surface area contributed by atoms with Crippen LogP contribution in [0, 0.1) is 11.3 Å². The molecule has 5 nitrogen and oxygen atoms in total. The van der Waals surface area contributed by atoms with Crippen LogP contribution in [0.2, 0.25) is 0 Å². The van der Waals surface area contributed by atoms with Crippen LogP contribution in [0.4, 0.5) is 5.69 Å². The minimum absolute atomic E-state index is 0.0197. The molecule has 2 rings (SSSR count). The van der Waals surface area contributed by atoms with Crippen molar-refractivity contribution in [2.24, 2.45) is 11.3 Å². The van der Waals surface area contributed by atoms with Crippen molar-refractivity contribution < 1.29 is 19.5 Å². The lowest BCUT2D eigenvalue weighted by Gasteiger charge is -2.26. The molecule has 1 aromatic rings. The van der Waals surface area contributed by atoms with Crippen LogP contribution in [-0.4, -0.2) is 22.9 Å². The van der Waals surface area contributed by atoms with E-state index in [-0.39, 0.29) is 29.7 Å². The Morgan fingerprint density at radius 2 is 2.00 bits per heavy atom. The summed E-state index contributed by atoms with van der Waals surface area (Å²) in [6.45, 7) is 5.58. The van der Waals surface area contributed by atoms with Crippen LogP contribution in [0.15, 0.2) is 22.7 Å². The second-order valence-corrected chi connectivity index (χ2v) is 6.61. The van der Waals surface area contributed by atoms with E-state index in [2.05, 4.69) is 15.9 Å². The molecule has 1 N–H and O–H groups in total. The Morgan fingerprint density at radius 1 is 1.38 bits per heavy atom. The molecule has 0 saturated carbocycles. The molecule has 0 aromatic heterocycles. The second kappa shape index (κ2) is 5.26. The highest BCUT2D eigenvalue weighted by molar-refractivity contribution is 9.10. The summed E-state index contributed by atoms with van der Waals surface area (Å²) in [5.74, 6) is -1.67. The van der Waals surface area contributed by atoms with Crippen LogP contribution in [-0.2, 0) is 9.59 Å². The van der Waals surface area contributed by atoms with Crippen LogP contribution in [0.1, 0.15) is 37.6 Å². The van der Waals surface area contributed by atoms with Gasteiger partial charge in [-0.05, 0) is 47.0 Å². The number of carboxylic acid groups (broad SMARTS) is 1. The van der Waals surface area contributed by atoms with Crippen molar-refractivity contribution in [1.29, 1.82) is 0 Å². The Bertz CT molecular complexity index is 641. The molecular weight excluding hydrogens is 338 g/mol. The first-order valence-electron chi connectivity index (χ1n) is 6.58. The van der Waals surface area contributed by atoms with Crippen LogP contribution < -0.4 is 4.90 Å². The molecule has 0 bridgehead atoms. The molecule has 1 unspecified atom stereocenters. The number of carboxylic acids is 1. The van der Waals surface area contributed by atoms with Crippen molar-refractivity contribution in [3.8, 4) is 0 Å². The van der Waals surface area contributed by atoms with Gasteiger partial charge >= 0.3 is 5.97 Å². The number of benzene rings is 1. The number of halogens is 1. The number of nitrogens with zero attached hydrogens (tertiary/aromatic N) is 1. The van der Waals surface area contributed by atoms with Gasteiger partial charge in [0.05, 0.1) is 16.7 Å². The number of anilines is 1. The number of aromatic carboxylic acids is 1. The van der Waals surface area contributed by atoms with E-state index in [4.69, 9.17) is 5.11 Å². The zero-order valence-electron chi connectivity index (χ0n) is 12.0. The minimum atomic E-state index is -1.12. The van der Waals surface area contributed by atoms with Gasteiger partial charge in [0, 0.05) is 10.9 Å². The van der Waals surface area contributed by atoms with Crippen LogP contribution >= 0.6 is 15.9 Å². The Balaban J connectivity index is 2.48. The molecule has 0 aliphatic carbocycles. The van der Waals surface area contributed by atoms with Crippen LogP contribution in [0.25, 0.3) is 0 Å². The molecule has 1 atom stereocenters. The van der Waals surface area contributed by atoms with Gasteiger partial charge in [0.2, 0.25) is 11.8 Å². The number of carbonyl (C=O) groups is 3. The molecule has 1 heterocycles. The molecule has 1 aliphatic heterocycles. The summed E-state index contributed by atoms with van der Waals surface area (Å²) < 4.78 is 0.407. The molecule has 1 aliphatic rings. The zero-order chi connectivity index (χ0) is 15.9. The highest BCUT2D eigenvalue weighted by Crippen LogP contribution is 2.41. The van der Waals surface area contributed by atoms with Gasteiger partial charge in [0.15, 0.2) is 0 Å². The minimum Gasteiger partial charge on any atom is -0.478 e. The van der Waals surface area contributed by atoms with E-state index in [0.717, 1.165) is 4.90 Å². The van der Waals surface area contributed by atoms with Gasteiger partial charge in [-0.2, -0.15) is 0 Å². The predicted molar refractivity (Wildman–Crippen MR) is 81.2 cm³/mol. The Morgan fingerprint density at radius 3 is 2.48 bits per heavy atom. The third-order valence-electron chi connectivity index (χ3n) is 4.17. The summed E-state index contributed by atoms with van der Waals surface area (Å²) in [4.78, 5) is 37.1. The highest BCUT2D eigenvalue weighted by atomic mass is 79.9. The van der Waals surface area contributed by atoms with E-state index >= 15 is 0 Å². The fourth-order valence-electron chi connectivity index (χ4n) is 2.37. The summed E-state index contributed by atoms with van der Waals surface area (Å²) in [6.07, 6.45) is 0.141. The number of imide groups is 1. The summed E-state index contributed by atoms with van der Waals surface area (Å²) in [5.41, 5.74) is -0.422. The van der Waals surface area contributed by atoms with Crippen LogP contribution in [0.5, 0.6) is 0 Å². The molecule has 2 amide bonds. The number of hydrogen-bond acceptors (Lipinski definition) is 3. The molecular formula is C15H16BrNO4. The van der Waals surface area contributed by atoms with Crippen molar-refractivity contribution in [2.45, 2.75) is 27.2 Å². The molecule has 112 valence electrons. The lowest BCUT2D eigenvalue weighted by Crippen LogP contribution is -2.37. The topological polar surface area (TPSA) is 74.7 Å². The summed E-state index contributed by atoms with van der Waals surface area (Å²) in [6, 6.07) is 4.44. The molecule has 21 heavy (non-hydrogen) atoms. The lowest BCUT2D eigenvalue weighted by molar-refractivity contribution is -0.126. The number of carbonyl (C=O) groups excluding carboxylic acids is 2. The van der Waals surface area contributed by atoms with Gasteiger partial charge in [-0.15, -0.1) is 0 Å². The zero-order valence-corrected chi connectivity index (χ0v) is 13.6. The fourth-order valence-corrected chi connectivity index (χ4v) is 2.78. The van der Waals surface area contributed by atoms with E-state index in [1.54, 1.807) is 13.0 Å². The van der Waals surface area contributed by atoms with Crippen molar-refractivity contribution >= 4 is 39.4 Å². The number of hydrogen-bond donors (Lipinski definition) is 1. The maximum Gasteiger partial charge on any atom is 0.336 e. The van der Waals surface area contributed by atoms with Gasteiger partial charge in [0.25, 0.3) is 0 Å². The quantitative estimate of drug-likeness (QED) is 0.847. The van der Waals surface area contributed by atoms with Crippen molar-refractivity contribution in [1.82, 2.24) is 0 Å². The van der Waals surface area contributed by atoms with Gasteiger partial charge < -0.3 is 5.11 Å². The molecule has 0 radical (unpaired) electrons. The predicted octanol–water partition coefficient (Wildman–Crippen LogP) is 3.07. The average Bonchev–Trinajstić information content (AvgIpc) is 2.62. The molecule has 1 fully saturated rings. The van der Waals surface area contributed by atoms with Crippen LogP contribution in [0.3, 0.4) is 0 Å². The molecule has 6 heteroatoms. The smallest absolute Gasteiger partial charge is 0.336 e. The first-order chi connectivity index (χ1) is 9.68. The Hall–Kier alpha value is -1.69. The standard InChI is InChI=1S/C15H16BrNO4/c1-8(2)15(3)7-12(18)17(14(15)21)9-4-5-11(16)10(6-9)13(19)20/h4-6,8H,7H2,1-3H3,(H,19,20). The van der Waals surface area contributed by atoms with Gasteiger partial charge in [-0.25, -0.2) is 4.79 Å². The third kappa shape index (κ3) is 2.48. The molecule has 1 saturated heterocycles. The highest BCUT2D eigenvalue weighted by Gasteiger charge is 2.50. The first-order valence-corrected chi connectivity index (χ1v) is 7.38. The Kier molecular flexibility index (Phi) is 3.93. The number of amides is 2. The fraction of sp³-hybridized carbons (Fsp3) is 0.400. The van der Waals surface area contributed by atoms with E-state index < -0.39 is 11.4 Å². The van der Waals surface area contributed by atoms with E-state index in [9.17, 15) is 14.4 Å². The van der Waals surface area contributed by atoms with E-state index in [1.165, 1.54) is 12.1 Å².